The summed E-state index contributed by atoms with van der Waals surface area (Å²) >= 11 is 12.1. The summed E-state index contributed by atoms with van der Waals surface area (Å²) in [5.41, 5.74) is 7.19. The highest BCUT2D eigenvalue weighted by atomic mass is 35.5. The van der Waals surface area contributed by atoms with Crippen molar-refractivity contribution in [3.05, 3.63) is 99.5 Å². The van der Waals surface area contributed by atoms with E-state index in [1.54, 1.807) is 12.1 Å². The van der Waals surface area contributed by atoms with Crippen LogP contribution in [0, 0.1) is 0 Å². The number of aliphatic hydroxyl groups excluding tert-OH is 1. The van der Waals surface area contributed by atoms with Gasteiger partial charge in [0.1, 0.15) is 12.4 Å². The zero-order chi connectivity index (χ0) is 25.4. The number of hydrogen-bond acceptors (Lipinski definition) is 6. The fourth-order valence-corrected chi connectivity index (χ4v) is 4.08. The highest BCUT2D eigenvalue weighted by Crippen LogP contribution is 2.28. The first-order valence-electron chi connectivity index (χ1n) is 11.6. The van der Waals surface area contributed by atoms with Gasteiger partial charge in [0.25, 0.3) is 5.91 Å². The number of nitrogens with one attached hydrogen (secondary N) is 2. The van der Waals surface area contributed by atoms with Crippen LogP contribution in [0.3, 0.4) is 0 Å². The van der Waals surface area contributed by atoms with Crippen LogP contribution in [-0.4, -0.2) is 42.3 Å². The molecule has 1 amide bonds. The first-order valence-corrected chi connectivity index (χ1v) is 12.3. The molecule has 0 aromatic heterocycles. The molecular formula is C27H27Cl2N3O4. The standard InChI is InChI=1S/C27H27Cl2N3O4/c28-23-12-7-20(15-24(23)29)17-30-32-26(34)27(16-19-5-2-1-3-6-19)18-36-25(31-27)21-8-10-22(11-9-21)35-14-4-13-33/h1-3,5-12,15,30,33H,4,13-14,16-18H2,(H,32,34)/t27-/m0/s1. The molecule has 0 saturated carbocycles. The summed E-state index contributed by atoms with van der Waals surface area (Å²) in [5.74, 6) is 0.781. The number of rotatable bonds is 11. The molecule has 0 unspecified atom stereocenters. The van der Waals surface area contributed by atoms with Gasteiger partial charge in [-0.15, -0.1) is 0 Å². The van der Waals surface area contributed by atoms with Crippen molar-refractivity contribution in [2.75, 3.05) is 19.8 Å². The molecule has 3 aromatic carbocycles. The normalized spacial score (nSPS) is 16.8. The van der Waals surface area contributed by atoms with E-state index in [4.69, 9.17) is 42.8 Å². The van der Waals surface area contributed by atoms with Gasteiger partial charge in [0.2, 0.25) is 5.90 Å². The molecule has 1 atom stereocenters. The number of nitrogens with zero attached hydrogens (tertiary/aromatic N) is 1. The number of amides is 1. The summed E-state index contributed by atoms with van der Waals surface area (Å²) in [7, 11) is 0. The minimum Gasteiger partial charge on any atom is -0.494 e. The van der Waals surface area contributed by atoms with Gasteiger partial charge in [-0.1, -0.05) is 59.6 Å². The molecule has 3 N–H and O–H groups in total. The topological polar surface area (TPSA) is 92.2 Å². The van der Waals surface area contributed by atoms with Crippen LogP contribution in [-0.2, 0) is 22.5 Å². The lowest BCUT2D eigenvalue weighted by molar-refractivity contribution is -0.127. The Kier molecular flexibility index (Phi) is 8.83. The third-order valence-electron chi connectivity index (χ3n) is 5.68. The Balaban J connectivity index is 1.49. The van der Waals surface area contributed by atoms with Gasteiger partial charge in [0.05, 0.1) is 16.7 Å². The molecular weight excluding hydrogens is 501 g/mol. The third-order valence-corrected chi connectivity index (χ3v) is 6.42. The maximum absolute atomic E-state index is 13.4. The van der Waals surface area contributed by atoms with E-state index < -0.39 is 5.54 Å². The van der Waals surface area contributed by atoms with Crippen molar-refractivity contribution in [3.8, 4) is 5.75 Å². The molecule has 4 rings (SSSR count). The third kappa shape index (κ3) is 6.56. The van der Waals surface area contributed by atoms with Crippen LogP contribution >= 0.6 is 23.2 Å². The second kappa shape index (κ2) is 12.2. The number of ether oxygens (including phenoxy) is 2. The Morgan fingerprint density at radius 2 is 1.81 bits per heavy atom. The number of carbonyl (C=O) groups is 1. The maximum Gasteiger partial charge on any atom is 0.266 e. The zero-order valence-corrected chi connectivity index (χ0v) is 21.1. The Bertz CT molecular complexity index is 1210. The number of carbonyl (C=O) groups excluding carboxylic acids is 1. The molecule has 0 saturated heterocycles. The lowest BCUT2D eigenvalue weighted by atomic mass is 9.91. The molecule has 1 heterocycles. The summed E-state index contributed by atoms with van der Waals surface area (Å²) in [5, 5.41) is 9.83. The first-order chi connectivity index (χ1) is 17.5. The smallest absolute Gasteiger partial charge is 0.266 e. The van der Waals surface area contributed by atoms with E-state index >= 15 is 0 Å². The van der Waals surface area contributed by atoms with Crippen LogP contribution in [0.15, 0.2) is 77.8 Å². The molecule has 1 aliphatic heterocycles. The van der Waals surface area contributed by atoms with E-state index in [9.17, 15) is 4.79 Å². The average Bonchev–Trinajstić information content (AvgIpc) is 3.32. The van der Waals surface area contributed by atoms with Crippen LogP contribution in [0.4, 0.5) is 0 Å². The van der Waals surface area contributed by atoms with Gasteiger partial charge >= 0.3 is 0 Å². The number of benzene rings is 3. The van der Waals surface area contributed by atoms with Crippen molar-refractivity contribution in [1.29, 1.82) is 0 Å². The average molecular weight is 528 g/mol. The van der Waals surface area contributed by atoms with Gasteiger partial charge in [-0.2, -0.15) is 0 Å². The van der Waals surface area contributed by atoms with Crippen LogP contribution < -0.4 is 15.6 Å². The van der Waals surface area contributed by atoms with E-state index in [1.165, 1.54) is 0 Å². The van der Waals surface area contributed by atoms with Gasteiger partial charge in [-0.25, -0.2) is 10.4 Å². The van der Waals surface area contributed by atoms with Crippen LogP contribution in [0.2, 0.25) is 10.0 Å². The lowest BCUT2D eigenvalue weighted by Gasteiger charge is -2.23. The summed E-state index contributed by atoms with van der Waals surface area (Å²) < 4.78 is 11.5. The molecule has 0 bridgehead atoms. The molecule has 1 aliphatic rings. The van der Waals surface area contributed by atoms with Crippen molar-refractivity contribution >= 4 is 35.0 Å². The lowest BCUT2D eigenvalue weighted by Crippen LogP contribution is -2.52. The number of aliphatic hydroxyl groups is 1. The van der Waals surface area contributed by atoms with Gasteiger partial charge in [0.15, 0.2) is 5.54 Å². The monoisotopic (exact) mass is 527 g/mol. The van der Waals surface area contributed by atoms with Crippen LogP contribution in [0.1, 0.15) is 23.1 Å². The minimum absolute atomic E-state index is 0.0800. The fraction of sp³-hybridized carbons (Fsp3) is 0.259. The number of hydrazine groups is 1. The molecule has 3 aromatic rings. The van der Waals surface area contributed by atoms with E-state index in [-0.39, 0.29) is 19.1 Å². The number of aliphatic imine (C=N–C) groups is 1. The van der Waals surface area contributed by atoms with Crippen LogP contribution in [0.5, 0.6) is 5.75 Å². The highest BCUT2D eigenvalue weighted by Gasteiger charge is 2.44. The predicted molar refractivity (Wildman–Crippen MR) is 140 cm³/mol. The summed E-state index contributed by atoms with van der Waals surface area (Å²) in [4.78, 5) is 18.2. The molecule has 188 valence electrons. The Hall–Kier alpha value is -3.10. The summed E-state index contributed by atoms with van der Waals surface area (Å²) in [6.45, 7) is 0.977. The predicted octanol–water partition coefficient (Wildman–Crippen LogP) is 4.33. The Labute approximate surface area is 220 Å². The Morgan fingerprint density at radius 3 is 2.53 bits per heavy atom. The number of halogens is 2. The highest BCUT2D eigenvalue weighted by molar-refractivity contribution is 6.42. The SMILES string of the molecule is O=C(NNCc1ccc(Cl)c(Cl)c1)[C@]1(Cc2ccccc2)COC(c2ccc(OCCCO)cc2)=N1. The largest absolute Gasteiger partial charge is 0.494 e. The molecule has 0 fully saturated rings. The first kappa shape index (κ1) is 26.0. The van der Waals surface area contributed by atoms with Crippen molar-refractivity contribution in [2.45, 2.75) is 24.9 Å². The number of hydrogen-bond donors (Lipinski definition) is 3. The van der Waals surface area contributed by atoms with Gasteiger partial charge < -0.3 is 14.6 Å². The zero-order valence-electron chi connectivity index (χ0n) is 19.5. The van der Waals surface area contributed by atoms with Crippen molar-refractivity contribution in [1.82, 2.24) is 10.9 Å². The molecule has 36 heavy (non-hydrogen) atoms. The van der Waals surface area contributed by atoms with Gasteiger partial charge in [-0.3, -0.25) is 10.2 Å². The quantitative estimate of drug-likeness (QED) is 0.255. The maximum atomic E-state index is 13.4. The van der Waals surface area contributed by atoms with Crippen molar-refractivity contribution in [2.24, 2.45) is 4.99 Å². The van der Waals surface area contributed by atoms with Crippen molar-refractivity contribution in [3.63, 3.8) is 0 Å². The van der Waals surface area contributed by atoms with Crippen molar-refractivity contribution < 1.29 is 19.4 Å². The van der Waals surface area contributed by atoms with Gasteiger partial charge in [-0.05, 0) is 47.5 Å². The summed E-state index contributed by atoms with van der Waals surface area (Å²) in [6, 6.07) is 22.3. The second-order valence-electron chi connectivity index (χ2n) is 8.41. The minimum atomic E-state index is -1.14. The fourth-order valence-electron chi connectivity index (χ4n) is 3.76. The summed E-state index contributed by atoms with van der Waals surface area (Å²) in [6.07, 6.45) is 0.938. The van der Waals surface area contributed by atoms with E-state index in [2.05, 4.69) is 10.9 Å². The van der Waals surface area contributed by atoms with E-state index in [0.717, 1.165) is 16.7 Å². The molecule has 0 aliphatic carbocycles. The molecule has 7 nitrogen and oxygen atoms in total. The van der Waals surface area contributed by atoms with Gasteiger partial charge in [0, 0.05) is 31.6 Å². The van der Waals surface area contributed by atoms with E-state index in [0.29, 0.717) is 47.7 Å². The molecule has 0 radical (unpaired) electrons. The van der Waals surface area contributed by atoms with Crippen LogP contribution in [0.25, 0.3) is 0 Å². The second-order valence-corrected chi connectivity index (χ2v) is 9.22. The van der Waals surface area contributed by atoms with E-state index in [1.807, 2.05) is 60.7 Å². The Morgan fingerprint density at radius 1 is 1.03 bits per heavy atom. The molecule has 9 heteroatoms. The molecule has 0 spiro atoms.